The number of nitrogens with zero attached hydrogens (tertiary/aromatic N) is 1. The third kappa shape index (κ3) is 6.50. The first-order chi connectivity index (χ1) is 17.1. The lowest BCUT2D eigenvalue weighted by atomic mass is 10.1. The molecule has 0 fully saturated rings. The molecule has 0 bridgehead atoms. The van der Waals surface area contributed by atoms with E-state index in [0.29, 0.717) is 5.69 Å². The molecule has 0 aliphatic carbocycles. The van der Waals surface area contributed by atoms with Gasteiger partial charge in [-0.3, -0.25) is 5.32 Å². The van der Waals surface area contributed by atoms with Crippen LogP contribution in [-0.4, -0.2) is 24.4 Å². The van der Waals surface area contributed by atoms with Crippen molar-refractivity contribution in [1.82, 2.24) is 4.31 Å². The number of sulfonamides is 1. The number of benzene rings is 4. The number of amides is 1. The van der Waals surface area contributed by atoms with Crippen molar-refractivity contribution in [3.63, 3.8) is 0 Å². The van der Waals surface area contributed by atoms with E-state index in [0.717, 1.165) is 21.9 Å². The van der Waals surface area contributed by atoms with Gasteiger partial charge in [0, 0.05) is 18.8 Å². The van der Waals surface area contributed by atoms with Gasteiger partial charge >= 0.3 is 6.09 Å². The highest BCUT2D eigenvalue weighted by Gasteiger charge is 2.25. The zero-order valence-corrected chi connectivity index (χ0v) is 21.5. The van der Waals surface area contributed by atoms with E-state index in [4.69, 9.17) is 4.74 Å². The van der Waals surface area contributed by atoms with Crippen molar-refractivity contribution in [3.05, 3.63) is 108 Å². The lowest BCUT2D eigenvalue weighted by molar-refractivity contribution is 0.0636. The number of nitrogens with one attached hydrogen (secondary N) is 1. The Morgan fingerprint density at radius 2 is 1.31 bits per heavy atom. The molecule has 0 unspecified atom stereocenters. The molecule has 0 atom stereocenters. The molecule has 36 heavy (non-hydrogen) atoms. The lowest BCUT2D eigenvalue weighted by Crippen LogP contribution is -2.30. The fourth-order valence-electron chi connectivity index (χ4n) is 3.83. The topological polar surface area (TPSA) is 75.7 Å². The third-order valence-electron chi connectivity index (χ3n) is 5.50. The van der Waals surface area contributed by atoms with Crippen LogP contribution in [0, 0.1) is 0 Å². The van der Waals surface area contributed by atoms with Crippen LogP contribution in [0.5, 0.6) is 0 Å². The van der Waals surface area contributed by atoms with E-state index >= 15 is 0 Å². The summed E-state index contributed by atoms with van der Waals surface area (Å²) in [7, 11) is -3.79. The molecule has 6 nitrogen and oxygen atoms in total. The zero-order chi connectivity index (χ0) is 25.8. The van der Waals surface area contributed by atoms with Gasteiger partial charge in [0.2, 0.25) is 10.0 Å². The molecule has 4 aromatic carbocycles. The Morgan fingerprint density at radius 1 is 0.778 bits per heavy atom. The van der Waals surface area contributed by atoms with Gasteiger partial charge in [0.15, 0.2) is 0 Å². The van der Waals surface area contributed by atoms with Gasteiger partial charge < -0.3 is 4.74 Å². The molecule has 4 rings (SSSR count). The van der Waals surface area contributed by atoms with Gasteiger partial charge in [0.25, 0.3) is 0 Å². The molecule has 0 aromatic heterocycles. The van der Waals surface area contributed by atoms with Crippen LogP contribution in [0.1, 0.15) is 31.9 Å². The van der Waals surface area contributed by atoms with Crippen molar-refractivity contribution >= 4 is 32.6 Å². The Morgan fingerprint density at radius 3 is 1.86 bits per heavy atom. The molecule has 1 amide bonds. The Bertz CT molecular complexity index is 1410. The van der Waals surface area contributed by atoms with Crippen LogP contribution >= 0.6 is 0 Å². The maximum atomic E-state index is 13.8. The average Bonchev–Trinajstić information content (AvgIpc) is 2.83. The van der Waals surface area contributed by atoms with E-state index in [2.05, 4.69) is 5.32 Å². The van der Waals surface area contributed by atoms with E-state index < -0.39 is 21.7 Å². The van der Waals surface area contributed by atoms with Crippen LogP contribution < -0.4 is 5.32 Å². The van der Waals surface area contributed by atoms with Crippen LogP contribution in [0.25, 0.3) is 10.8 Å². The molecule has 0 heterocycles. The minimum atomic E-state index is -3.79. The lowest BCUT2D eigenvalue weighted by Gasteiger charge is -2.23. The summed E-state index contributed by atoms with van der Waals surface area (Å²) in [5, 5.41) is 4.28. The van der Waals surface area contributed by atoms with Crippen molar-refractivity contribution in [2.45, 2.75) is 44.4 Å². The summed E-state index contributed by atoms with van der Waals surface area (Å²) >= 11 is 0. The molecule has 7 heteroatoms. The molecule has 4 aromatic rings. The highest BCUT2D eigenvalue weighted by Crippen LogP contribution is 2.27. The van der Waals surface area contributed by atoms with Crippen LogP contribution in [0.4, 0.5) is 10.5 Å². The van der Waals surface area contributed by atoms with E-state index in [1.165, 1.54) is 4.31 Å². The number of hydrogen-bond acceptors (Lipinski definition) is 4. The van der Waals surface area contributed by atoms with E-state index in [9.17, 15) is 13.2 Å². The predicted molar refractivity (Wildman–Crippen MR) is 143 cm³/mol. The predicted octanol–water partition coefficient (Wildman–Crippen LogP) is 6.58. The molecule has 0 spiro atoms. The van der Waals surface area contributed by atoms with Crippen molar-refractivity contribution in [2.24, 2.45) is 0 Å². The van der Waals surface area contributed by atoms with E-state index in [-0.39, 0.29) is 18.0 Å². The summed E-state index contributed by atoms with van der Waals surface area (Å²) < 4.78 is 34.4. The standard InChI is InChI=1S/C29H30N2O4S/c1-29(2,3)35-28(32)30-26-16-14-25-19-27(17-15-24(25)18-26)36(33,34)31(20-22-10-6-4-7-11-22)21-23-12-8-5-9-13-23/h4-19H,20-21H2,1-3H3,(H,30,32). The average molecular weight is 503 g/mol. The highest BCUT2D eigenvalue weighted by molar-refractivity contribution is 7.89. The monoisotopic (exact) mass is 502 g/mol. The number of anilines is 1. The van der Waals surface area contributed by atoms with Crippen molar-refractivity contribution < 1.29 is 17.9 Å². The molecule has 0 saturated heterocycles. The molecule has 0 saturated carbocycles. The molecule has 0 aliphatic heterocycles. The van der Waals surface area contributed by atoms with Crippen molar-refractivity contribution in [2.75, 3.05) is 5.32 Å². The summed E-state index contributed by atoms with van der Waals surface area (Å²) in [6.45, 7) is 5.92. The first kappa shape index (κ1) is 25.4. The van der Waals surface area contributed by atoms with Gasteiger partial charge in [-0.05, 0) is 66.9 Å². The SMILES string of the molecule is CC(C)(C)OC(=O)Nc1ccc2cc(S(=O)(=O)N(Cc3ccccc3)Cc3ccccc3)ccc2c1. The molecule has 0 radical (unpaired) electrons. The van der Waals surface area contributed by atoms with Crippen LogP contribution in [0.2, 0.25) is 0 Å². The molecule has 1 N–H and O–H groups in total. The van der Waals surface area contributed by atoms with Crippen LogP contribution in [0.3, 0.4) is 0 Å². The number of hydrogen-bond donors (Lipinski definition) is 1. The second-order valence-corrected chi connectivity index (χ2v) is 11.5. The third-order valence-corrected chi connectivity index (χ3v) is 7.29. The second kappa shape index (κ2) is 10.5. The number of carbonyl (C=O) groups is 1. The molecular formula is C29H30N2O4S. The first-order valence-electron chi connectivity index (χ1n) is 11.7. The normalized spacial score (nSPS) is 12.0. The van der Waals surface area contributed by atoms with Gasteiger partial charge in [-0.15, -0.1) is 0 Å². The molecular weight excluding hydrogens is 472 g/mol. The molecule has 186 valence electrons. The number of rotatable bonds is 7. The second-order valence-electron chi connectivity index (χ2n) is 9.59. The molecule has 0 aliphatic rings. The summed E-state index contributed by atoms with van der Waals surface area (Å²) in [5.41, 5.74) is 1.80. The van der Waals surface area contributed by atoms with E-state index in [1.807, 2.05) is 60.7 Å². The number of ether oxygens (including phenoxy) is 1. The summed E-state index contributed by atoms with van der Waals surface area (Å²) in [4.78, 5) is 12.3. The van der Waals surface area contributed by atoms with Gasteiger partial charge in [0.1, 0.15) is 5.60 Å². The van der Waals surface area contributed by atoms with E-state index in [1.54, 1.807) is 57.2 Å². The Hall–Kier alpha value is -3.68. The highest BCUT2D eigenvalue weighted by atomic mass is 32.2. The number of carbonyl (C=O) groups excluding carboxylic acids is 1. The summed E-state index contributed by atoms with van der Waals surface area (Å²) in [6, 6.07) is 29.5. The zero-order valence-electron chi connectivity index (χ0n) is 20.6. The largest absolute Gasteiger partial charge is 0.444 e. The van der Waals surface area contributed by atoms with Gasteiger partial charge in [0.05, 0.1) is 4.90 Å². The number of fused-ring (bicyclic) bond motifs is 1. The fraction of sp³-hybridized carbons (Fsp3) is 0.207. The Labute approximate surface area is 212 Å². The van der Waals surface area contributed by atoms with Crippen LogP contribution in [0.15, 0.2) is 102 Å². The van der Waals surface area contributed by atoms with Gasteiger partial charge in [-0.25, -0.2) is 13.2 Å². The smallest absolute Gasteiger partial charge is 0.412 e. The maximum absolute atomic E-state index is 13.8. The summed E-state index contributed by atoms with van der Waals surface area (Å²) in [5.74, 6) is 0. The maximum Gasteiger partial charge on any atom is 0.412 e. The minimum Gasteiger partial charge on any atom is -0.444 e. The minimum absolute atomic E-state index is 0.217. The first-order valence-corrected chi connectivity index (χ1v) is 13.2. The van der Waals surface area contributed by atoms with Crippen LogP contribution in [-0.2, 0) is 27.8 Å². The quantitative estimate of drug-likeness (QED) is 0.310. The fourth-order valence-corrected chi connectivity index (χ4v) is 5.28. The van der Waals surface area contributed by atoms with Gasteiger partial charge in [-0.2, -0.15) is 4.31 Å². The summed E-state index contributed by atoms with van der Waals surface area (Å²) in [6.07, 6.45) is -0.543. The Kier molecular flexibility index (Phi) is 7.43. The Balaban J connectivity index is 1.62. The van der Waals surface area contributed by atoms with Gasteiger partial charge in [-0.1, -0.05) is 72.8 Å². The van der Waals surface area contributed by atoms with Crippen molar-refractivity contribution in [1.29, 1.82) is 0 Å². The van der Waals surface area contributed by atoms with Crippen molar-refractivity contribution in [3.8, 4) is 0 Å².